The van der Waals surface area contributed by atoms with Crippen LogP contribution in [0.5, 0.6) is 0 Å². The van der Waals surface area contributed by atoms with Crippen molar-refractivity contribution in [1.82, 2.24) is 0 Å². The zero-order valence-corrected chi connectivity index (χ0v) is 8.40. The molecule has 72 valence electrons. The van der Waals surface area contributed by atoms with Crippen molar-refractivity contribution in [3.05, 3.63) is 35.9 Å². The molecule has 0 radical (unpaired) electrons. The SMILES string of the molecule is CC(C)C1(c2ccccc2)OC1C#N. The van der Waals surface area contributed by atoms with Gasteiger partial charge >= 0.3 is 0 Å². The van der Waals surface area contributed by atoms with Crippen LogP contribution in [0.2, 0.25) is 0 Å². The van der Waals surface area contributed by atoms with Crippen LogP contribution in [0.4, 0.5) is 0 Å². The summed E-state index contributed by atoms with van der Waals surface area (Å²) in [6.45, 7) is 4.18. The predicted molar refractivity (Wildman–Crippen MR) is 53.4 cm³/mol. The fourth-order valence-electron chi connectivity index (χ4n) is 1.97. The number of hydrogen-bond acceptors (Lipinski definition) is 2. The zero-order chi connectivity index (χ0) is 10.2. The first-order valence-corrected chi connectivity index (χ1v) is 4.84. The van der Waals surface area contributed by atoms with Gasteiger partial charge in [0.05, 0.1) is 6.07 Å². The summed E-state index contributed by atoms with van der Waals surface area (Å²) < 4.78 is 5.54. The molecular weight excluding hydrogens is 174 g/mol. The van der Waals surface area contributed by atoms with E-state index in [1.54, 1.807) is 0 Å². The minimum atomic E-state index is -0.351. The van der Waals surface area contributed by atoms with Gasteiger partial charge in [-0.25, -0.2) is 0 Å². The van der Waals surface area contributed by atoms with Crippen molar-refractivity contribution in [2.75, 3.05) is 0 Å². The van der Waals surface area contributed by atoms with Gasteiger partial charge in [0, 0.05) is 0 Å². The molecule has 14 heavy (non-hydrogen) atoms. The molecule has 1 saturated heterocycles. The average molecular weight is 187 g/mol. The first-order valence-electron chi connectivity index (χ1n) is 4.84. The molecule has 2 atom stereocenters. The van der Waals surface area contributed by atoms with Gasteiger partial charge in [-0.2, -0.15) is 5.26 Å². The average Bonchev–Trinajstić information content (AvgIpc) is 2.94. The van der Waals surface area contributed by atoms with Crippen LogP contribution in [0, 0.1) is 17.2 Å². The molecule has 0 aliphatic carbocycles. The van der Waals surface area contributed by atoms with Crippen LogP contribution in [-0.4, -0.2) is 6.10 Å². The molecule has 1 aromatic rings. The molecule has 0 amide bonds. The van der Waals surface area contributed by atoms with E-state index in [2.05, 4.69) is 19.9 Å². The molecule has 1 aliphatic heterocycles. The quantitative estimate of drug-likeness (QED) is 0.667. The Morgan fingerprint density at radius 2 is 2.00 bits per heavy atom. The van der Waals surface area contributed by atoms with Gasteiger partial charge in [0.2, 0.25) is 0 Å². The zero-order valence-electron chi connectivity index (χ0n) is 8.40. The fraction of sp³-hybridized carbons (Fsp3) is 0.417. The second-order valence-electron chi connectivity index (χ2n) is 3.94. The highest BCUT2D eigenvalue weighted by Crippen LogP contribution is 2.51. The molecule has 2 rings (SSSR count). The van der Waals surface area contributed by atoms with E-state index >= 15 is 0 Å². The summed E-state index contributed by atoms with van der Waals surface area (Å²) in [7, 11) is 0. The maximum absolute atomic E-state index is 8.88. The smallest absolute Gasteiger partial charge is 0.178 e. The predicted octanol–water partition coefficient (Wildman–Crippen LogP) is 2.46. The molecule has 0 aromatic heterocycles. The van der Waals surface area contributed by atoms with Crippen LogP contribution >= 0.6 is 0 Å². The van der Waals surface area contributed by atoms with Crippen LogP contribution in [0.1, 0.15) is 19.4 Å². The highest BCUT2D eigenvalue weighted by atomic mass is 16.6. The Balaban J connectivity index is 2.37. The van der Waals surface area contributed by atoms with E-state index < -0.39 is 0 Å². The summed E-state index contributed by atoms with van der Waals surface area (Å²) in [5.41, 5.74) is 0.761. The van der Waals surface area contributed by atoms with E-state index in [0.29, 0.717) is 5.92 Å². The van der Waals surface area contributed by atoms with Crippen LogP contribution in [0.25, 0.3) is 0 Å². The van der Waals surface area contributed by atoms with E-state index in [4.69, 9.17) is 10.00 Å². The molecule has 0 bridgehead atoms. The van der Waals surface area contributed by atoms with Crippen molar-refractivity contribution in [2.24, 2.45) is 5.92 Å². The molecule has 1 heterocycles. The van der Waals surface area contributed by atoms with Crippen molar-refractivity contribution in [3.8, 4) is 6.07 Å². The lowest BCUT2D eigenvalue weighted by atomic mass is 9.85. The van der Waals surface area contributed by atoms with Crippen LogP contribution in [0.3, 0.4) is 0 Å². The Morgan fingerprint density at radius 1 is 1.36 bits per heavy atom. The minimum Gasteiger partial charge on any atom is -0.345 e. The number of rotatable bonds is 2. The lowest BCUT2D eigenvalue weighted by Gasteiger charge is -2.16. The van der Waals surface area contributed by atoms with Gasteiger partial charge < -0.3 is 4.74 Å². The van der Waals surface area contributed by atoms with Gasteiger partial charge in [-0.05, 0) is 11.5 Å². The maximum Gasteiger partial charge on any atom is 0.178 e. The molecule has 0 spiro atoms. The lowest BCUT2D eigenvalue weighted by Crippen LogP contribution is -2.19. The molecule has 0 saturated carbocycles. The minimum absolute atomic E-state index is 0.273. The van der Waals surface area contributed by atoms with E-state index in [1.165, 1.54) is 0 Å². The third-order valence-corrected chi connectivity index (χ3v) is 2.85. The Labute approximate surface area is 84.1 Å². The Morgan fingerprint density at radius 3 is 2.43 bits per heavy atom. The largest absolute Gasteiger partial charge is 0.345 e. The normalized spacial score (nSPS) is 30.0. The number of ether oxygens (including phenoxy) is 1. The molecule has 2 nitrogen and oxygen atoms in total. The monoisotopic (exact) mass is 187 g/mol. The van der Waals surface area contributed by atoms with Gasteiger partial charge in [-0.1, -0.05) is 44.2 Å². The maximum atomic E-state index is 8.88. The number of epoxide rings is 1. The summed E-state index contributed by atoms with van der Waals surface area (Å²) in [6, 6.07) is 12.2. The summed E-state index contributed by atoms with van der Waals surface area (Å²) in [6.07, 6.45) is -0.273. The third kappa shape index (κ3) is 1.13. The van der Waals surface area contributed by atoms with Gasteiger partial charge in [-0.3, -0.25) is 0 Å². The Hall–Kier alpha value is -1.33. The van der Waals surface area contributed by atoms with Crippen LogP contribution < -0.4 is 0 Å². The molecular formula is C12H13NO. The number of nitriles is 1. The molecule has 1 aliphatic rings. The second-order valence-corrected chi connectivity index (χ2v) is 3.94. The molecule has 2 heteroatoms. The van der Waals surface area contributed by atoms with Crippen molar-refractivity contribution < 1.29 is 4.74 Å². The first kappa shape index (κ1) is 9.23. The van der Waals surface area contributed by atoms with E-state index in [1.807, 2.05) is 30.3 Å². The van der Waals surface area contributed by atoms with E-state index in [-0.39, 0.29) is 11.7 Å². The first-order chi connectivity index (χ1) is 6.71. The summed E-state index contributed by atoms with van der Waals surface area (Å²) >= 11 is 0. The number of nitrogens with zero attached hydrogens (tertiary/aromatic N) is 1. The van der Waals surface area contributed by atoms with Crippen molar-refractivity contribution >= 4 is 0 Å². The highest BCUT2D eigenvalue weighted by Gasteiger charge is 2.60. The van der Waals surface area contributed by atoms with Crippen molar-refractivity contribution in [3.63, 3.8) is 0 Å². The molecule has 0 N–H and O–H groups in total. The number of benzene rings is 1. The van der Waals surface area contributed by atoms with Gasteiger partial charge in [0.25, 0.3) is 0 Å². The molecule has 1 fully saturated rings. The number of hydrogen-bond donors (Lipinski definition) is 0. The van der Waals surface area contributed by atoms with Gasteiger partial charge in [0.15, 0.2) is 6.10 Å². The van der Waals surface area contributed by atoms with E-state index in [0.717, 1.165) is 5.56 Å². The Bertz CT molecular complexity index is 366. The van der Waals surface area contributed by atoms with Crippen molar-refractivity contribution in [1.29, 1.82) is 5.26 Å². The van der Waals surface area contributed by atoms with Crippen molar-refractivity contribution in [2.45, 2.75) is 25.6 Å². The van der Waals surface area contributed by atoms with Crippen LogP contribution in [0.15, 0.2) is 30.3 Å². The molecule has 1 aromatic carbocycles. The lowest BCUT2D eigenvalue weighted by molar-refractivity contribution is 0.240. The molecule has 2 unspecified atom stereocenters. The van der Waals surface area contributed by atoms with Gasteiger partial charge in [0.1, 0.15) is 5.60 Å². The second kappa shape index (κ2) is 3.11. The standard InChI is InChI=1S/C12H13NO/c1-9(2)12(11(8-13)14-12)10-6-4-3-5-7-10/h3-7,9,11H,1-2H3. The summed E-state index contributed by atoms with van der Waals surface area (Å²) in [4.78, 5) is 0. The summed E-state index contributed by atoms with van der Waals surface area (Å²) in [5, 5.41) is 8.88. The van der Waals surface area contributed by atoms with Crippen LogP contribution in [-0.2, 0) is 10.3 Å². The topological polar surface area (TPSA) is 36.3 Å². The summed E-state index contributed by atoms with van der Waals surface area (Å²) in [5.74, 6) is 0.328. The highest BCUT2D eigenvalue weighted by molar-refractivity contribution is 5.33. The van der Waals surface area contributed by atoms with Gasteiger partial charge in [-0.15, -0.1) is 0 Å². The van der Waals surface area contributed by atoms with E-state index in [9.17, 15) is 0 Å². The fourth-order valence-corrected chi connectivity index (χ4v) is 1.97. The Kier molecular flexibility index (Phi) is 2.05. The third-order valence-electron chi connectivity index (χ3n) is 2.85.